The van der Waals surface area contributed by atoms with Crippen LogP contribution in [0, 0.1) is 5.41 Å². The molecule has 1 N–H and O–H groups in total. The molecule has 2 aliphatic heterocycles. The minimum atomic E-state index is -0.441. The quantitative estimate of drug-likeness (QED) is 0.738. The molecule has 4 rings (SSSR count). The first-order chi connectivity index (χ1) is 13.1. The van der Waals surface area contributed by atoms with Crippen LogP contribution in [0.25, 0.3) is 0 Å². The number of hydrogen-bond acceptors (Lipinski definition) is 5. The smallest absolute Gasteiger partial charge is 0.236 e. The Balaban J connectivity index is 1.56. The number of thiazole rings is 1. The second-order valence-corrected chi connectivity index (χ2v) is 8.97. The highest BCUT2D eigenvalue weighted by Gasteiger charge is 2.60. The lowest BCUT2D eigenvalue weighted by atomic mass is 9.70. The number of aromatic nitrogens is 1. The summed E-state index contributed by atoms with van der Waals surface area (Å²) in [5.74, 6) is 0.370. The number of carbonyl (C=O) groups is 2. The molecule has 2 saturated heterocycles. The maximum atomic E-state index is 13.4. The molecule has 27 heavy (non-hydrogen) atoms. The van der Waals surface area contributed by atoms with Crippen LogP contribution in [0.15, 0.2) is 10.9 Å². The first kappa shape index (κ1) is 18.9. The molecule has 2 bridgehead atoms. The van der Waals surface area contributed by atoms with Gasteiger partial charge in [0, 0.05) is 43.0 Å². The van der Waals surface area contributed by atoms with E-state index < -0.39 is 5.41 Å². The molecule has 1 saturated carbocycles. The van der Waals surface area contributed by atoms with Gasteiger partial charge in [-0.15, -0.1) is 11.3 Å². The summed E-state index contributed by atoms with van der Waals surface area (Å²) in [7, 11) is 0. The van der Waals surface area contributed by atoms with E-state index in [-0.39, 0.29) is 17.9 Å². The molecule has 1 aromatic rings. The van der Waals surface area contributed by atoms with Gasteiger partial charge < -0.3 is 10.2 Å². The molecule has 0 aromatic carbocycles. The molecule has 3 atom stereocenters. The Morgan fingerprint density at radius 1 is 1.30 bits per heavy atom. The van der Waals surface area contributed by atoms with Gasteiger partial charge in [-0.05, 0) is 46.0 Å². The predicted octanol–water partition coefficient (Wildman–Crippen LogP) is 2.06. The number of fused-ring (bicyclic) bond motifs is 2. The van der Waals surface area contributed by atoms with E-state index in [2.05, 4.69) is 20.6 Å². The standard InChI is InChI=1S/C20H30N4O2S/c1-3-23(4-2)18(25)11-24-16-7-8-17(24)20(10-16,9-15-12-27-13-21-15)19(26)22-14-5-6-14/h12-14,16-17H,3-11H2,1-2H3,(H,22,26)/t16-,17+,20+/m1/s1. The molecule has 3 heterocycles. The van der Waals surface area contributed by atoms with Crippen molar-refractivity contribution in [3.8, 4) is 0 Å². The van der Waals surface area contributed by atoms with Crippen molar-refractivity contribution in [2.75, 3.05) is 19.6 Å². The maximum absolute atomic E-state index is 13.4. The monoisotopic (exact) mass is 390 g/mol. The minimum absolute atomic E-state index is 0.141. The lowest BCUT2D eigenvalue weighted by Crippen LogP contribution is -2.52. The summed E-state index contributed by atoms with van der Waals surface area (Å²) in [5.41, 5.74) is 2.41. The molecular weight excluding hydrogens is 360 g/mol. The Morgan fingerprint density at radius 2 is 2.07 bits per heavy atom. The van der Waals surface area contributed by atoms with Gasteiger partial charge in [-0.2, -0.15) is 0 Å². The second-order valence-electron chi connectivity index (χ2n) is 8.25. The molecule has 2 amide bonds. The molecule has 3 aliphatic rings. The van der Waals surface area contributed by atoms with Crippen molar-refractivity contribution in [1.82, 2.24) is 20.1 Å². The highest BCUT2D eigenvalue weighted by molar-refractivity contribution is 7.07. The average molecular weight is 391 g/mol. The molecular formula is C20H30N4O2S. The first-order valence-corrected chi connectivity index (χ1v) is 11.2. The van der Waals surface area contributed by atoms with Crippen LogP contribution >= 0.6 is 11.3 Å². The van der Waals surface area contributed by atoms with Gasteiger partial charge in [0.15, 0.2) is 0 Å². The topological polar surface area (TPSA) is 65.5 Å². The number of amides is 2. The number of nitrogens with zero attached hydrogens (tertiary/aromatic N) is 3. The minimum Gasteiger partial charge on any atom is -0.353 e. The number of rotatable bonds is 8. The number of carbonyl (C=O) groups excluding carboxylic acids is 2. The molecule has 1 aromatic heterocycles. The van der Waals surface area contributed by atoms with Gasteiger partial charge in [-0.25, -0.2) is 4.98 Å². The van der Waals surface area contributed by atoms with Crippen LogP contribution < -0.4 is 5.32 Å². The molecule has 148 valence electrons. The van der Waals surface area contributed by atoms with E-state index in [4.69, 9.17) is 0 Å². The molecule has 7 heteroatoms. The number of nitrogens with one attached hydrogen (secondary N) is 1. The van der Waals surface area contributed by atoms with E-state index in [9.17, 15) is 9.59 Å². The molecule has 0 radical (unpaired) electrons. The van der Waals surface area contributed by atoms with E-state index in [1.807, 2.05) is 24.3 Å². The highest BCUT2D eigenvalue weighted by Crippen LogP contribution is 2.52. The average Bonchev–Trinajstić information content (AvgIpc) is 3.06. The number of hydrogen-bond donors (Lipinski definition) is 1. The van der Waals surface area contributed by atoms with E-state index in [0.717, 1.165) is 50.9 Å². The Labute approximate surface area is 165 Å². The summed E-state index contributed by atoms with van der Waals surface area (Å²) in [6, 6.07) is 0.829. The lowest BCUT2D eigenvalue weighted by Gasteiger charge is -2.36. The van der Waals surface area contributed by atoms with Crippen LogP contribution in [0.5, 0.6) is 0 Å². The summed E-state index contributed by atoms with van der Waals surface area (Å²) >= 11 is 1.58. The molecule has 0 spiro atoms. The van der Waals surface area contributed by atoms with Gasteiger partial charge >= 0.3 is 0 Å². The van der Waals surface area contributed by atoms with E-state index in [1.54, 1.807) is 11.3 Å². The van der Waals surface area contributed by atoms with Gasteiger partial charge in [0.2, 0.25) is 11.8 Å². The summed E-state index contributed by atoms with van der Waals surface area (Å²) < 4.78 is 0. The highest BCUT2D eigenvalue weighted by atomic mass is 32.1. The summed E-state index contributed by atoms with van der Waals surface area (Å²) in [5, 5.41) is 5.33. The van der Waals surface area contributed by atoms with Crippen molar-refractivity contribution in [2.24, 2.45) is 5.41 Å². The summed E-state index contributed by atoms with van der Waals surface area (Å²) in [4.78, 5) is 34.8. The van der Waals surface area contributed by atoms with Gasteiger partial charge in [-0.1, -0.05) is 0 Å². The zero-order chi connectivity index (χ0) is 19.0. The SMILES string of the molecule is CCN(CC)C(=O)CN1[C@@H]2CC[C@H]1[C@@](Cc1cscn1)(C(=O)NC1CC1)C2. The third-order valence-electron chi connectivity index (χ3n) is 6.66. The fraction of sp³-hybridized carbons (Fsp3) is 0.750. The third-order valence-corrected chi connectivity index (χ3v) is 7.29. The fourth-order valence-electron chi connectivity index (χ4n) is 5.10. The molecule has 1 aliphatic carbocycles. The Kier molecular flexibility index (Phi) is 5.25. The van der Waals surface area contributed by atoms with Crippen molar-refractivity contribution in [2.45, 2.75) is 70.5 Å². The van der Waals surface area contributed by atoms with Gasteiger partial charge in [-0.3, -0.25) is 14.5 Å². The fourth-order valence-corrected chi connectivity index (χ4v) is 5.66. The molecule has 0 unspecified atom stereocenters. The van der Waals surface area contributed by atoms with Crippen LogP contribution in [-0.2, 0) is 16.0 Å². The third kappa shape index (κ3) is 3.51. The summed E-state index contributed by atoms with van der Waals surface area (Å²) in [6.45, 7) is 5.97. The van der Waals surface area contributed by atoms with Crippen LogP contribution in [0.4, 0.5) is 0 Å². The largest absolute Gasteiger partial charge is 0.353 e. The van der Waals surface area contributed by atoms with Crippen molar-refractivity contribution < 1.29 is 9.59 Å². The summed E-state index contributed by atoms with van der Waals surface area (Å²) in [6.07, 6.45) is 5.81. The van der Waals surface area contributed by atoms with Crippen molar-refractivity contribution in [3.63, 3.8) is 0 Å². The predicted molar refractivity (Wildman–Crippen MR) is 105 cm³/mol. The van der Waals surface area contributed by atoms with Gasteiger partial charge in [0.25, 0.3) is 0 Å². The normalized spacial score (nSPS) is 29.9. The van der Waals surface area contributed by atoms with E-state index in [0.29, 0.717) is 25.0 Å². The maximum Gasteiger partial charge on any atom is 0.236 e. The van der Waals surface area contributed by atoms with Crippen molar-refractivity contribution in [1.29, 1.82) is 0 Å². The molecule has 6 nitrogen and oxygen atoms in total. The number of likely N-dealkylation sites (N-methyl/N-ethyl adjacent to an activating group) is 1. The zero-order valence-corrected chi connectivity index (χ0v) is 17.1. The van der Waals surface area contributed by atoms with Crippen LogP contribution in [0.2, 0.25) is 0 Å². The Morgan fingerprint density at radius 3 is 2.70 bits per heavy atom. The van der Waals surface area contributed by atoms with Crippen molar-refractivity contribution in [3.05, 3.63) is 16.6 Å². The van der Waals surface area contributed by atoms with Gasteiger partial charge in [0.05, 0.1) is 23.2 Å². The second kappa shape index (κ2) is 7.51. The van der Waals surface area contributed by atoms with Crippen molar-refractivity contribution >= 4 is 23.2 Å². The molecule has 3 fully saturated rings. The van der Waals surface area contributed by atoms with Gasteiger partial charge in [0.1, 0.15) is 0 Å². The zero-order valence-electron chi connectivity index (χ0n) is 16.3. The Hall–Kier alpha value is -1.47. The Bertz CT molecular complexity index is 686. The lowest BCUT2D eigenvalue weighted by molar-refractivity contribution is -0.136. The van der Waals surface area contributed by atoms with Crippen LogP contribution in [0.3, 0.4) is 0 Å². The van der Waals surface area contributed by atoms with Crippen LogP contribution in [-0.4, -0.2) is 64.4 Å². The van der Waals surface area contributed by atoms with Crippen LogP contribution in [0.1, 0.15) is 51.6 Å². The van der Waals surface area contributed by atoms with E-state index >= 15 is 0 Å². The van der Waals surface area contributed by atoms with E-state index in [1.165, 1.54) is 0 Å². The first-order valence-electron chi connectivity index (χ1n) is 10.3.